The fourth-order valence-corrected chi connectivity index (χ4v) is 3.78. The summed E-state index contributed by atoms with van der Waals surface area (Å²) in [6, 6.07) is 5.21. The van der Waals surface area contributed by atoms with Gasteiger partial charge in [0.2, 0.25) is 5.76 Å². The van der Waals surface area contributed by atoms with Gasteiger partial charge in [-0.2, -0.15) is 0 Å². The Morgan fingerprint density at radius 1 is 1.19 bits per heavy atom. The second-order valence-corrected chi connectivity index (χ2v) is 8.33. The molecule has 27 heavy (non-hydrogen) atoms. The van der Waals surface area contributed by atoms with Crippen LogP contribution in [0.5, 0.6) is 0 Å². The van der Waals surface area contributed by atoms with E-state index in [0.717, 1.165) is 28.5 Å². The van der Waals surface area contributed by atoms with Crippen LogP contribution in [0.1, 0.15) is 37.7 Å². The third kappa shape index (κ3) is 4.37. The number of fused-ring (bicyclic) bond motifs is 1. The van der Waals surface area contributed by atoms with Crippen molar-refractivity contribution in [2.24, 2.45) is 0 Å². The van der Waals surface area contributed by atoms with Gasteiger partial charge in [0.1, 0.15) is 11.2 Å². The van der Waals surface area contributed by atoms with Crippen LogP contribution in [0.15, 0.2) is 27.1 Å². The number of benzene rings is 1. The highest BCUT2D eigenvalue weighted by Gasteiger charge is 2.25. The third-order valence-electron chi connectivity index (χ3n) is 4.31. The van der Waals surface area contributed by atoms with E-state index in [4.69, 9.17) is 14.3 Å². The van der Waals surface area contributed by atoms with Crippen LogP contribution in [0.25, 0.3) is 11.0 Å². The molecule has 1 aromatic heterocycles. The number of ether oxygens (including phenoxy) is 1. The largest absolute Gasteiger partial charge is 0.475 e. The van der Waals surface area contributed by atoms with Crippen molar-refractivity contribution in [3.8, 4) is 0 Å². The normalized spacial score (nSPS) is 15.7. The molecule has 0 spiro atoms. The Labute approximate surface area is 166 Å². The number of hydrogen-bond donors (Lipinski definition) is 1. The van der Waals surface area contributed by atoms with Crippen molar-refractivity contribution in [1.82, 2.24) is 4.90 Å². The number of nitrogens with zero attached hydrogens (tertiary/aromatic N) is 2. The maximum absolute atomic E-state index is 12.3. The van der Waals surface area contributed by atoms with Crippen molar-refractivity contribution in [3.05, 3.63) is 28.4 Å². The maximum atomic E-state index is 12.3. The molecule has 0 radical (unpaired) electrons. The van der Waals surface area contributed by atoms with E-state index >= 15 is 0 Å². The predicted molar refractivity (Wildman–Crippen MR) is 106 cm³/mol. The number of carboxylic acid groups (broad SMARTS) is 1. The molecular weight excluding hydrogens is 416 g/mol. The topological polar surface area (TPSA) is 83.2 Å². The molecule has 0 atom stereocenters. The summed E-state index contributed by atoms with van der Waals surface area (Å²) in [5.74, 6) is -1.18. The van der Waals surface area contributed by atoms with Gasteiger partial charge in [-0.3, -0.25) is 0 Å². The molecule has 146 valence electrons. The van der Waals surface area contributed by atoms with Crippen molar-refractivity contribution in [2.75, 3.05) is 31.1 Å². The van der Waals surface area contributed by atoms with Gasteiger partial charge in [0, 0.05) is 37.6 Å². The molecule has 2 heterocycles. The van der Waals surface area contributed by atoms with Gasteiger partial charge in [0.25, 0.3) is 0 Å². The minimum atomic E-state index is -1.09. The average Bonchev–Trinajstić information content (AvgIpc) is 2.86. The molecular formula is C19H23BrN2O5. The number of halogens is 1. The molecule has 1 aliphatic rings. The first-order valence-corrected chi connectivity index (χ1v) is 9.63. The van der Waals surface area contributed by atoms with Crippen LogP contribution < -0.4 is 4.90 Å². The quantitative estimate of drug-likeness (QED) is 0.750. The van der Waals surface area contributed by atoms with Gasteiger partial charge < -0.3 is 24.1 Å². The summed E-state index contributed by atoms with van der Waals surface area (Å²) >= 11 is 3.59. The average molecular weight is 439 g/mol. The Kier molecular flexibility index (Phi) is 5.37. The van der Waals surface area contributed by atoms with Crippen molar-refractivity contribution >= 4 is 44.6 Å². The van der Waals surface area contributed by atoms with Crippen LogP contribution in [-0.2, 0) is 4.74 Å². The van der Waals surface area contributed by atoms with Gasteiger partial charge in [0.05, 0.1) is 10.2 Å². The van der Waals surface area contributed by atoms with E-state index in [1.807, 2.05) is 26.8 Å². The molecule has 1 saturated heterocycles. The molecule has 1 aromatic carbocycles. The zero-order valence-corrected chi connectivity index (χ0v) is 17.2. The van der Waals surface area contributed by atoms with Crippen LogP contribution in [0.2, 0.25) is 0 Å². The Morgan fingerprint density at radius 3 is 2.59 bits per heavy atom. The van der Waals surface area contributed by atoms with E-state index in [9.17, 15) is 9.59 Å². The molecule has 0 unspecified atom stereocenters. The molecule has 7 nitrogen and oxygen atoms in total. The molecule has 1 fully saturated rings. The zero-order chi connectivity index (χ0) is 19.8. The fourth-order valence-electron chi connectivity index (χ4n) is 3.08. The Balaban J connectivity index is 1.78. The Hall–Kier alpha value is -2.22. The number of rotatable bonds is 2. The lowest BCUT2D eigenvalue weighted by atomic mass is 10.2. The highest BCUT2D eigenvalue weighted by atomic mass is 79.9. The number of carbonyl (C=O) groups excluding carboxylic acids is 1. The van der Waals surface area contributed by atoms with E-state index in [1.54, 1.807) is 11.0 Å². The molecule has 2 aromatic rings. The lowest BCUT2D eigenvalue weighted by Gasteiger charge is -2.27. The van der Waals surface area contributed by atoms with Crippen molar-refractivity contribution in [2.45, 2.75) is 32.8 Å². The zero-order valence-electron chi connectivity index (χ0n) is 15.6. The summed E-state index contributed by atoms with van der Waals surface area (Å²) < 4.78 is 11.6. The van der Waals surface area contributed by atoms with E-state index in [-0.39, 0.29) is 11.9 Å². The maximum Gasteiger partial charge on any atom is 0.410 e. The molecule has 8 heteroatoms. The SMILES string of the molecule is CC(C)(C)OC(=O)N1CCCN(c2ccc3oc(C(=O)O)cc3c2Br)CC1. The summed E-state index contributed by atoms with van der Waals surface area (Å²) in [5.41, 5.74) is 0.958. The second-order valence-electron chi connectivity index (χ2n) is 7.53. The fraction of sp³-hybridized carbons (Fsp3) is 0.474. The van der Waals surface area contributed by atoms with Crippen molar-refractivity contribution in [1.29, 1.82) is 0 Å². The number of amides is 1. The first-order valence-electron chi connectivity index (χ1n) is 8.84. The van der Waals surface area contributed by atoms with Crippen LogP contribution >= 0.6 is 15.9 Å². The van der Waals surface area contributed by atoms with Crippen LogP contribution in [-0.4, -0.2) is 53.8 Å². The monoisotopic (exact) mass is 438 g/mol. The molecule has 1 amide bonds. The smallest absolute Gasteiger partial charge is 0.410 e. The van der Waals surface area contributed by atoms with Crippen LogP contribution in [0, 0.1) is 0 Å². The number of aromatic carboxylic acids is 1. The number of anilines is 1. The number of carbonyl (C=O) groups is 2. The van der Waals surface area contributed by atoms with Crippen LogP contribution in [0.3, 0.4) is 0 Å². The third-order valence-corrected chi connectivity index (χ3v) is 5.15. The van der Waals surface area contributed by atoms with Gasteiger partial charge >= 0.3 is 12.1 Å². The van der Waals surface area contributed by atoms with Gasteiger partial charge in [0.15, 0.2) is 0 Å². The number of carboxylic acids is 1. The predicted octanol–water partition coefficient (Wildman–Crippen LogP) is 4.34. The molecule has 1 aliphatic heterocycles. The van der Waals surface area contributed by atoms with Gasteiger partial charge in [-0.25, -0.2) is 9.59 Å². The number of hydrogen-bond acceptors (Lipinski definition) is 5. The lowest BCUT2D eigenvalue weighted by molar-refractivity contribution is 0.0263. The van der Waals surface area contributed by atoms with Gasteiger partial charge in [-0.05, 0) is 55.3 Å². The van der Waals surface area contributed by atoms with Crippen LogP contribution in [0.4, 0.5) is 10.5 Å². The minimum absolute atomic E-state index is 0.0881. The first-order chi connectivity index (χ1) is 12.7. The lowest BCUT2D eigenvalue weighted by Crippen LogP contribution is -2.39. The van der Waals surface area contributed by atoms with Gasteiger partial charge in [-0.1, -0.05) is 0 Å². The Bertz CT molecular complexity index is 871. The van der Waals surface area contributed by atoms with Gasteiger partial charge in [-0.15, -0.1) is 0 Å². The molecule has 0 aliphatic carbocycles. The first kappa shape index (κ1) is 19.5. The molecule has 1 N–H and O–H groups in total. The van der Waals surface area contributed by atoms with Crippen molar-refractivity contribution < 1.29 is 23.8 Å². The summed E-state index contributed by atoms with van der Waals surface area (Å²) in [6.07, 6.45) is 0.523. The standard InChI is InChI=1S/C19H23BrN2O5/c1-19(2,3)27-18(25)22-8-4-7-21(9-10-22)13-5-6-14-12(16(13)20)11-15(26-14)17(23)24/h5-6,11H,4,7-10H2,1-3H3,(H,23,24). The van der Waals surface area contributed by atoms with Crippen molar-refractivity contribution in [3.63, 3.8) is 0 Å². The van der Waals surface area contributed by atoms with E-state index in [0.29, 0.717) is 25.2 Å². The molecule has 0 saturated carbocycles. The molecule has 0 bridgehead atoms. The molecule has 3 rings (SSSR count). The van der Waals surface area contributed by atoms with E-state index < -0.39 is 11.6 Å². The summed E-state index contributed by atoms with van der Waals surface area (Å²) in [4.78, 5) is 27.4. The highest BCUT2D eigenvalue weighted by molar-refractivity contribution is 9.10. The summed E-state index contributed by atoms with van der Waals surface area (Å²) in [6.45, 7) is 8.22. The van der Waals surface area contributed by atoms with E-state index in [1.165, 1.54) is 6.07 Å². The second kappa shape index (κ2) is 7.42. The highest BCUT2D eigenvalue weighted by Crippen LogP contribution is 2.36. The van der Waals surface area contributed by atoms with E-state index in [2.05, 4.69) is 20.8 Å². The Morgan fingerprint density at radius 2 is 1.93 bits per heavy atom. The summed E-state index contributed by atoms with van der Waals surface area (Å²) in [7, 11) is 0. The summed E-state index contributed by atoms with van der Waals surface area (Å²) in [5, 5.41) is 9.85. The number of furan rings is 1. The minimum Gasteiger partial charge on any atom is -0.475 e.